The van der Waals surface area contributed by atoms with Gasteiger partial charge >= 0.3 is 6.09 Å². The Morgan fingerprint density at radius 3 is 2.62 bits per heavy atom. The van der Waals surface area contributed by atoms with Gasteiger partial charge in [0.2, 0.25) is 0 Å². The molecule has 3 heterocycles. The average molecular weight is 359 g/mol. The van der Waals surface area contributed by atoms with Gasteiger partial charge in [0, 0.05) is 19.6 Å². The summed E-state index contributed by atoms with van der Waals surface area (Å²) in [4.78, 5) is 28.8. The Bertz CT molecular complexity index is 841. The van der Waals surface area contributed by atoms with Crippen LogP contribution in [0.3, 0.4) is 0 Å². The molecule has 8 nitrogen and oxygen atoms in total. The third kappa shape index (κ3) is 2.79. The molecule has 2 amide bonds. The van der Waals surface area contributed by atoms with Gasteiger partial charge in [-0.3, -0.25) is 4.79 Å². The molecule has 4 rings (SSSR count). The fraction of sp³-hybridized carbons (Fsp3) is 0.412. The van der Waals surface area contributed by atoms with E-state index in [0.29, 0.717) is 25.3 Å². The molecule has 0 spiro atoms. The molecule has 2 fully saturated rings. The van der Waals surface area contributed by atoms with Crippen LogP contribution in [0.1, 0.15) is 23.2 Å². The van der Waals surface area contributed by atoms with E-state index in [1.807, 2.05) is 0 Å². The predicted octanol–water partition coefficient (Wildman–Crippen LogP) is 1.62. The minimum Gasteiger partial charge on any atom is -0.465 e. The number of rotatable bonds is 2. The second-order valence-electron chi connectivity index (χ2n) is 6.61. The van der Waals surface area contributed by atoms with Crippen molar-refractivity contribution in [3.05, 3.63) is 42.0 Å². The molecule has 1 aromatic heterocycles. The largest absolute Gasteiger partial charge is 0.465 e. The Hall–Kier alpha value is -2.97. The molecule has 0 radical (unpaired) electrons. The van der Waals surface area contributed by atoms with Crippen molar-refractivity contribution in [3.8, 4) is 5.69 Å². The number of aromatic nitrogens is 3. The van der Waals surface area contributed by atoms with Crippen LogP contribution >= 0.6 is 0 Å². The molecule has 0 saturated carbocycles. The van der Waals surface area contributed by atoms with Crippen LogP contribution < -0.4 is 0 Å². The van der Waals surface area contributed by atoms with Gasteiger partial charge in [0.25, 0.3) is 5.91 Å². The van der Waals surface area contributed by atoms with E-state index in [-0.39, 0.29) is 23.4 Å². The molecular formula is C17H18FN5O3. The molecule has 2 atom stereocenters. The van der Waals surface area contributed by atoms with Crippen LogP contribution in [0, 0.1) is 11.7 Å². The predicted molar refractivity (Wildman–Crippen MR) is 88.5 cm³/mol. The molecule has 2 aliphatic rings. The summed E-state index contributed by atoms with van der Waals surface area (Å²) in [7, 11) is 0. The zero-order valence-corrected chi connectivity index (χ0v) is 14.0. The van der Waals surface area contributed by atoms with Crippen LogP contribution in [0.15, 0.2) is 30.6 Å². The third-order valence-corrected chi connectivity index (χ3v) is 5.22. The minimum absolute atomic E-state index is 0.166. The molecule has 2 aliphatic heterocycles. The van der Waals surface area contributed by atoms with Crippen molar-refractivity contribution >= 4 is 12.0 Å². The number of hydrogen-bond acceptors (Lipinski definition) is 4. The van der Waals surface area contributed by atoms with Gasteiger partial charge in [0.15, 0.2) is 0 Å². The van der Waals surface area contributed by atoms with Crippen LogP contribution in [-0.2, 0) is 0 Å². The maximum Gasteiger partial charge on any atom is 0.407 e. The van der Waals surface area contributed by atoms with Gasteiger partial charge < -0.3 is 14.9 Å². The van der Waals surface area contributed by atoms with Crippen LogP contribution in [0.25, 0.3) is 5.69 Å². The molecule has 0 unspecified atom stereocenters. The van der Waals surface area contributed by atoms with Gasteiger partial charge in [0.1, 0.15) is 5.82 Å². The number of piperidine rings is 1. The topological polar surface area (TPSA) is 91.6 Å². The van der Waals surface area contributed by atoms with E-state index in [4.69, 9.17) is 0 Å². The molecule has 136 valence electrons. The molecule has 1 N–H and O–H groups in total. The lowest BCUT2D eigenvalue weighted by molar-refractivity contribution is 0.0569. The maximum absolute atomic E-state index is 13.8. The van der Waals surface area contributed by atoms with Crippen LogP contribution in [-0.4, -0.2) is 67.6 Å². The SMILES string of the molecule is O=C(c1cc(F)ccc1-n1nccn1)N1CC[C@H]2CCN(C(=O)O)[C@H]2C1. The normalized spacial score (nSPS) is 22.3. The molecule has 9 heteroatoms. The van der Waals surface area contributed by atoms with Crippen LogP contribution in [0.2, 0.25) is 0 Å². The number of halogens is 1. The standard InChI is InChI=1S/C17H18FN5O3/c18-12-1-2-14(23-19-5-6-20-23)13(9-12)16(24)21-7-3-11-4-8-22(17(25)26)15(11)10-21/h1-2,5-6,9,11,15H,3-4,7-8,10H2,(H,25,26)/t11-,15-/m0/s1. The Balaban J connectivity index is 1.62. The summed E-state index contributed by atoms with van der Waals surface area (Å²) in [5.41, 5.74) is 0.560. The number of likely N-dealkylation sites (tertiary alicyclic amines) is 2. The lowest BCUT2D eigenvalue weighted by Crippen LogP contribution is -2.51. The first-order valence-corrected chi connectivity index (χ1v) is 8.49. The summed E-state index contributed by atoms with van der Waals surface area (Å²) >= 11 is 0. The highest BCUT2D eigenvalue weighted by molar-refractivity contribution is 5.97. The molecule has 0 bridgehead atoms. The first-order valence-electron chi connectivity index (χ1n) is 8.49. The highest BCUT2D eigenvalue weighted by Crippen LogP contribution is 2.32. The number of carbonyl (C=O) groups excluding carboxylic acids is 1. The van der Waals surface area contributed by atoms with Crippen LogP contribution in [0.5, 0.6) is 0 Å². The third-order valence-electron chi connectivity index (χ3n) is 5.22. The summed E-state index contributed by atoms with van der Waals surface area (Å²) in [6, 6.07) is 3.70. The lowest BCUT2D eigenvalue weighted by Gasteiger charge is -2.37. The minimum atomic E-state index is -0.959. The number of benzene rings is 1. The molecule has 0 aliphatic carbocycles. The fourth-order valence-electron chi connectivity index (χ4n) is 3.93. The number of carbonyl (C=O) groups is 2. The first-order chi connectivity index (χ1) is 12.5. The molecule has 1 aromatic carbocycles. The first kappa shape index (κ1) is 16.5. The van der Waals surface area contributed by atoms with E-state index in [1.165, 1.54) is 40.3 Å². The van der Waals surface area contributed by atoms with Crippen molar-refractivity contribution in [1.29, 1.82) is 0 Å². The Morgan fingerprint density at radius 1 is 1.15 bits per heavy atom. The molecule has 26 heavy (non-hydrogen) atoms. The maximum atomic E-state index is 13.8. The van der Waals surface area contributed by atoms with Gasteiger partial charge in [-0.25, -0.2) is 9.18 Å². The summed E-state index contributed by atoms with van der Waals surface area (Å²) in [5.74, 6) is -0.588. The Labute approximate surface area is 148 Å². The smallest absolute Gasteiger partial charge is 0.407 e. The monoisotopic (exact) mass is 359 g/mol. The summed E-state index contributed by atoms with van der Waals surface area (Å²) in [6.45, 7) is 1.34. The zero-order chi connectivity index (χ0) is 18.3. The summed E-state index contributed by atoms with van der Waals surface area (Å²) < 4.78 is 13.8. The second kappa shape index (κ2) is 6.40. The van der Waals surface area contributed by atoms with Crippen molar-refractivity contribution in [2.75, 3.05) is 19.6 Å². The average Bonchev–Trinajstić information content (AvgIpc) is 3.30. The number of amides is 2. The van der Waals surface area contributed by atoms with Gasteiger partial charge in [-0.15, -0.1) is 0 Å². The van der Waals surface area contributed by atoms with Gasteiger partial charge in [-0.05, 0) is 37.0 Å². The van der Waals surface area contributed by atoms with Gasteiger partial charge in [0.05, 0.1) is 29.7 Å². The van der Waals surface area contributed by atoms with Gasteiger partial charge in [-0.1, -0.05) is 0 Å². The number of fused-ring (bicyclic) bond motifs is 1. The van der Waals surface area contributed by atoms with Crippen molar-refractivity contribution in [2.45, 2.75) is 18.9 Å². The van der Waals surface area contributed by atoms with Gasteiger partial charge in [-0.2, -0.15) is 15.0 Å². The lowest BCUT2D eigenvalue weighted by atomic mass is 9.91. The van der Waals surface area contributed by atoms with E-state index in [1.54, 1.807) is 4.90 Å². The summed E-state index contributed by atoms with van der Waals surface area (Å²) in [5, 5.41) is 17.4. The highest BCUT2D eigenvalue weighted by atomic mass is 19.1. The van der Waals surface area contributed by atoms with Crippen molar-refractivity contribution in [2.24, 2.45) is 5.92 Å². The quantitative estimate of drug-likeness (QED) is 0.880. The van der Waals surface area contributed by atoms with E-state index in [0.717, 1.165) is 12.8 Å². The Kier molecular flexibility index (Phi) is 4.06. The van der Waals surface area contributed by atoms with E-state index < -0.39 is 11.9 Å². The summed E-state index contributed by atoms with van der Waals surface area (Å²) in [6.07, 6.45) is 3.56. The highest BCUT2D eigenvalue weighted by Gasteiger charge is 2.42. The number of nitrogens with zero attached hydrogens (tertiary/aromatic N) is 5. The Morgan fingerprint density at radius 2 is 1.88 bits per heavy atom. The van der Waals surface area contributed by atoms with Crippen molar-refractivity contribution in [1.82, 2.24) is 24.8 Å². The van der Waals surface area contributed by atoms with Crippen molar-refractivity contribution in [3.63, 3.8) is 0 Å². The van der Waals surface area contributed by atoms with Crippen molar-refractivity contribution < 1.29 is 19.1 Å². The fourth-order valence-corrected chi connectivity index (χ4v) is 3.93. The number of hydrogen-bond donors (Lipinski definition) is 1. The van der Waals surface area contributed by atoms with E-state index in [2.05, 4.69) is 10.2 Å². The van der Waals surface area contributed by atoms with E-state index >= 15 is 0 Å². The molecule has 2 saturated heterocycles. The molecular weight excluding hydrogens is 341 g/mol. The molecule has 2 aromatic rings. The van der Waals surface area contributed by atoms with E-state index in [9.17, 15) is 19.1 Å². The number of carboxylic acid groups (broad SMARTS) is 1. The zero-order valence-electron chi connectivity index (χ0n) is 14.0. The van der Waals surface area contributed by atoms with Crippen LogP contribution in [0.4, 0.5) is 9.18 Å². The second-order valence-corrected chi connectivity index (χ2v) is 6.61.